The largest absolute Gasteiger partial charge is 0.490 e. The summed E-state index contributed by atoms with van der Waals surface area (Å²) in [7, 11) is 1.84. The normalized spacial score (nSPS) is 15.9. The third-order valence-corrected chi connectivity index (χ3v) is 6.25. The summed E-state index contributed by atoms with van der Waals surface area (Å²) < 4.78 is 5.73. The summed E-state index contributed by atoms with van der Waals surface area (Å²) in [5.41, 5.74) is 5.26. The highest BCUT2D eigenvalue weighted by Crippen LogP contribution is 2.39. The topological polar surface area (TPSA) is 71.2 Å². The summed E-state index contributed by atoms with van der Waals surface area (Å²) in [4.78, 5) is 4.26. The van der Waals surface area contributed by atoms with Crippen LogP contribution >= 0.6 is 11.3 Å². The van der Waals surface area contributed by atoms with E-state index in [0.29, 0.717) is 17.2 Å². The molecule has 0 N–H and O–H groups in total. The van der Waals surface area contributed by atoms with E-state index >= 15 is 0 Å². The van der Waals surface area contributed by atoms with Gasteiger partial charge in [-0.3, -0.25) is 0 Å². The van der Waals surface area contributed by atoms with Crippen LogP contribution < -0.4 is 4.74 Å². The van der Waals surface area contributed by atoms with E-state index in [1.165, 1.54) is 11.1 Å². The zero-order valence-electron chi connectivity index (χ0n) is 17.4. The number of aromatic nitrogens is 2. The van der Waals surface area contributed by atoms with Gasteiger partial charge in [0.1, 0.15) is 21.8 Å². The molecule has 2 aromatic carbocycles. The van der Waals surface area contributed by atoms with E-state index in [-0.39, 0.29) is 6.10 Å². The van der Waals surface area contributed by atoms with Crippen molar-refractivity contribution in [3.63, 3.8) is 0 Å². The van der Waals surface area contributed by atoms with Crippen molar-refractivity contribution in [3.05, 3.63) is 53.1 Å². The minimum absolute atomic E-state index is 0.0157. The number of aliphatic imine (C=N–C) groups is 1. The minimum Gasteiger partial charge on any atom is -0.490 e. The first-order valence-electron chi connectivity index (χ1n) is 10.2. The lowest BCUT2D eigenvalue weighted by Crippen LogP contribution is -2.12. The summed E-state index contributed by atoms with van der Waals surface area (Å²) in [6.07, 6.45) is 5.40. The van der Waals surface area contributed by atoms with Gasteiger partial charge >= 0.3 is 0 Å². The molecule has 0 aliphatic heterocycles. The molecule has 1 unspecified atom stereocenters. The summed E-state index contributed by atoms with van der Waals surface area (Å²) in [5.74, 6) is 0.972. The molecule has 1 heterocycles. The number of benzene rings is 2. The van der Waals surface area contributed by atoms with Gasteiger partial charge in [0.15, 0.2) is 0 Å². The highest BCUT2D eigenvalue weighted by Gasteiger charge is 2.23. The molecule has 0 saturated heterocycles. The van der Waals surface area contributed by atoms with Crippen molar-refractivity contribution in [1.82, 2.24) is 10.2 Å². The zero-order chi connectivity index (χ0) is 21.1. The Morgan fingerprint density at radius 3 is 2.83 bits per heavy atom. The quantitative estimate of drug-likeness (QED) is 0.504. The molecule has 1 aliphatic rings. The lowest BCUT2D eigenvalue weighted by Gasteiger charge is -2.24. The molecule has 0 fully saturated rings. The van der Waals surface area contributed by atoms with E-state index < -0.39 is 0 Å². The average Bonchev–Trinajstić information content (AvgIpc) is 3.24. The maximum Gasteiger partial charge on any atom is 0.148 e. The van der Waals surface area contributed by atoms with Gasteiger partial charge in [-0.1, -0.05) is 29.5 Å². The Bertz CT molecular complexity index is 1130. The number of nitrogens with zero attached hydrogens (tertiary/aromatic N) is 4. The summed E-state index contributed by atoms with van der Waals surface area (Å²) >= 11 is 1.56. The highest BCUT2D eigenvalue weighted by atomic mass is 32.1. The van der Waals surface area contributed by atoms with E-state index in [9.17, 15) is 5.26 Å². The van der Waals surface area contributed by atoms with Crippen LogP contribution in [0.2, 0.25) is 0 Å². The predicted molar refractivity (Wildman–Crippen MR) is 121 cm³/mol. The van der Waals surface area contributed by atoms with Gasteiger partial charge < -0.3 is 9.73 Å². The molecule has 4 rings (SSSR count). The van der Waals surface area contributed by atoms with Crippen molar-refractivity contribution < 1.29 is 4.74 Å². The molecule has 0 saturated carbocycles. The molecule has 6 heteroatoms. The number of fused-ring (bicyclic) bond motifs is 1. The third-order valence-electron chi connectivity index (χ3n) is 5.25. The van der Waals surface area contributed by atoms with Gasteiger partial charge in [0.25, 0.3) is 0 Å². The van der Waals surface area contributed by atoms with Crippen molar-refractivity contribution in [2.75, 3.05) is 7.05 Å². The standard InChI is InChI=1S/C24H24N4OS/c1-15(2)29-22-11-10-16(12-18(22)13-25)23-27-28-24(30-23)21-9-5-7-19-17(14-26-3)6-4-8-20(19)21/h5,7,9-12,14-15,17H,4,6,8H2,1-3H3. The minimum atomic E-state index is 0.0157. The van der Waals surface area contributed by atoms with Crippen LogP contribution in [-0.2, 0) is 6.42 Å². The first-order chi connectivity index (χ1) is 14.6. The predicted octanol–water partition coefficient (Wildman–Crippen LogP) is 5.65. The molecule has 0 radical (unpaired) electrons. The number of nitriles is 1. The lowest BCUT2D eigenvalue weighted by atomic mass is 9.81. The Kier molecular flexibility index (Phi) is 5.91. The summed E-state index contributed by atoms with van der Waals surface area (Å²) in [5, 5.41) is 20.1. The Balaban J connectivity index is 1.69. The van der Waals surface area contributed by atoms with Gasteiger partial charge in [0.2, 0.25) is 0 Å². The molecule has 1 aromatic heterocycles. The molecule has 3 aromatic rings. The zero-order valence-corrected chi connectivity index (χ0v) is 18.2. The van der Waals surface area contributed by atoms with Crippen LogP contribution in [0.3, 0.4) is 0 Å². The molecular formula is C24H24N4OS. The fourth-order valence-electron chi connectivity index (χ4n) is 3.98. The SMILES string of the molecule is CN=CC1CCCc2c(-c3nnc(-c4ccc(OC(C)C)c(C#N)c4)s3)cccc21. The first-order valence-corrected chi connectivity index (χ1v) is 11.0. The van der Waals surface area contributed by atoms with Gasteiger partial charge in [-0.25, -0.2) is 0 Å². The second-order valence-corrected chi connectivity index (χ2v) is 8.66. The van der Waals surface area contributed by atoms with Gasteiger partial charge in [0.05, 0.1) is 11.7 Å². The Hall–Kier alpha value is -3.04. The fourth-order valence-corrected chi connectivity index (χ4v) is 4.87. The molecule has 152 valence electrons. The molecular weight excluding hydrogens is 392 g/mol. The number of rotatable bonds is 5. The smallest absolute Gasteiger partial charge is 0.148 e. The van der Waals surface area contributed by atoms with Crippen molar-refractivity contribution in [1.29, 1.82) is 5.26 Å². The van der Waals surface area contributed by atoms with Gasteiger partial charge in [-0.15, -0.1) is 10.2 Å². The second-order valence-electron chi connectivity index (χ2n) is 7.68. The van der Waals surface area contributed by atoms with Crippen LogP contribution in [0.15, 0.2) is 41.4 Å². The molecule has 30 heavy (non-hydrogen) atoms. The Morgan fingerprint density at radius 2 is 2.07 bits per heavy atom. The second kappa shape index (κ2) is 8.76. The van der Waals surface area contributed by atoms with Crippen LogP contribution in [0.5, 0.6) is 5.75 Å². The first kappa shape index (κ1) is 20.2. The molecule has 0 bridgehead atoms. The fraction of sp³-hybridized carbons (Fsp3) is 0.333. The van der Waals surface area contributed by atoms with Gasteiger partial charge in [-0.2, -0.15) is 5.26 Å². The summed E-state index contributed by atoms with van der Waals surface area (Å²) in [6, 6.07) is 14.3. The van der Waals surface area contributed by atoms with Gasteiger partial charge in [0, 0.05) is 30.3 Å². The van der Waals surface area contributed by atoms with Crippen LogP contribution in [0.25, 0.3) is 21.1 Å². The van der Waals surface area contributed by atoms with E-state index in [4.69, 9.17) is 4.74 Å². The highest BCUT2D eigenvalue weighted by molar-refractivity contribution is 7.17. The maximum atomic E-state index is 9.51. The molecule has 0 spiro atoms. The molecule has 5 nitrogen and oxygen atoms in total. The Morgan fingerprint density at radius 1 is 1.23 bits per heavy atom. The van der Waals surface area contributed by atoms with Crippen molar-refractivity contribution in [2.24, 2.45) is 4.99 Å². The lowest BCUT2D eigenvalue weighted by molar-refractivity contribution is 0.242. The third kappa shape index (κ3) is 3.99. The van der Waals surface area contributed by atoms with Gasteiger partial charge in [-0.05, 0) is 62.4 Å². The van der Waals surface area contributed by atoms with Crippen molar-refractivity contribution >= 4 is 17.6 Å². The molecule has 0 amide bonds. The summed E-state index contributed by atoms with van der Waals surface area (Å²) in [6.45, 7) is 3.90. The Labute approximate surface area is 181 Å². The molecule has 1 atom stereocenters. The van der Waals surface area contributed by atoms with Crippen LogP contribution in [0.1, 0.15) is 49.3 Å². The van der Waals surface area contributed by atoms with E-state index in [1.807, 2.05) is 39.1 Å². The van der Waals surface area contributed by atoms with Crippen molar-refractivity contribution in [3.8, 4) is 33.0 Å². The van der Waals surface area contributed by atoms with Crippen LogP contribution in [0.4, 0.5) is 0 Å². The van der Waals surface area contributed by atoms with Crippen LogP contribution in [0, 0.1) is 11.3 Å². The van der Waals surface area contributed by atoms with Crippen molar-refractivity contribution in [2.45, 2.75) is 45.1 Å². The monoisotopic (exact) mass is 416 g/mol. The average molecular weight is 417 g/mol. The van der Waals surface area contributed by atoms with E-state index in [1.54, 1.807) is 11.3 Å². The number of hydrogen-bond acceptors (Lipinski definition) is 6. The number of ether oxygens (including phenoxy) is 1. The van der Waals surface area contributed by atoms with Crippen LogP contribution in [-0.4, -0.2) is 29.6 Å². The number of hydrogen-bond donors (Lipinski definition) is 0. The maximum absolute atomic E-state index is 9.51. The van der Waals surface area contributed by atoms with E-state index in [0.717, 1.165) is 40.4 Å². The molecule has 1 aliphatic carbocycles. The van der Waals surface area contributed by atoms with E-state index in [2.05, 4.69) is 45.7 Å².